The predicted molar refractivity (Wildman–Crippen MR) is 270 cm³/mol. The number of phenols is 1. The van der Waals surface area contributed by atoms with Crippen molar-refractivity contribution in [2.45, 2.75) is 101 Å². The van der Waals surface area contributed by atoms with Gasteiger partial charge in [0.1, 0.15) is 41.2 Å². The number of carbonyl (C=O) groups excluding carboxylic acids is 3. The Morgan fingerprint density at radius 3 is 2.45 bits per heavy atom. The number of imide groups is 1. The Labute approximate surface area is 422 Å². The van der Waals surface area contributed by atoms with Crippen LogP contribution in [0.4, 0.5) is 20.3 Å². The molecule has 5 aromatic rings. The largest absolute Gasteiger partial charge is 0.508 e. The van der Waals surface area contributed by atoms with Gasteiger partial charge in [0.25, 0.3) is 5.91 Å². The number of nitrogens with zero attached hydrogens (tertiary/aromatic N) is 8. The lowest BCUT2D eigenvalue weighted by Gasteiger charge is -2.39. The lowest BCUT2D eigenvalue weighted by molar-refractivity contribution is -0.136. The number of rotatable bonds is 11. The minimum atomic E-state index is -0.751. The van der Waals surface area contributed by atoms with Gasteiger partial charge in [-0.25, -0.2) is 8.78 Å². The highest BCUT2D eigenvalue weighted by Crippen LogP contribution is 2.41. The molecular weight excluding hydrogens is 935 g/mol. The van der Waals surface area contributed by atoms with E-state index < -0.39 is 23.6 Å². The van der Waals surface area contributed by atoms with Crippen LogP contribution >= 0.6 is 0 Å². The number of amides is 3. The van der Waals surface area contributed by atoms with Gasteiger partial charge in [-0.2, -0.15) is 9.97 Å². The Morgan fingerprint density at radius 1 is 0.890 bits per heavy atom. The summed E-state index contributed by atoms with van der Waals surface area (Å²) in [5.74, 6) is 1.18. The van der Waals surface area contributed by atoms with Gasteiger partial charge in [0.15, 0.2) is 5.82 Å². The molecule has 0 spiro atoms. The van der Waals surface area contributed by atoms with Crippen molar-refractivity contribution < 1.29 is 37.7 Å². The van der Waals surface area contributed by atoms with Crippen LogP contribution in [-0.4, -0.2) is 155 Å². The van der Waals surface area contributed by atoms with E-state index in [1.54, 1.807) is 11.1 Å². The summed E-state index contributed by atoms with van der Waals surface area (Å²) in [5.41, 5.74) is 2.70. The third-order valence-electron chi connectivity index (χ3n) is 16.6. The molecule has 7 aliphatic rings. The number of piperidine rings is 3. The number of anilines is 2. The number of likely N-dealkylation sites (tertiary alicyclic amines) is 2. The van der Waals surface area contributed by atoms with Crippen molar-refractivity contribution in [3.8, 4) is 35.4 Å². The molecule has 18 heteroatoms. The number of benzene rings is 3. The zero-order valence-corrected chi connectivity index (χ0v) is 41.0. The number of aromatic nitrogens is 3. The van der Waals surface area contributed by atoms with Gasteiger partial charge in [-0.15, -0.1) is 6.42 Å². The highest BCUT2D eigenvalue weighted by Gasteiger charge is 2.41. The van der Waals surface area contributed by atoms with Crippen molar-refractivity contribution in [2.75, 3.05) is 75.8 Å². The SMILES string of the molecule is C#Cc1c(F)ccc2cc(O)cc(-c3ncc4c(N5CC6CCC(C5)N6)nc(OC[C@@H]5C[C@@H](OC6CCN(CC7CCN(c8cccc9c8CN(C8CCC(=O)NC8=O)C9=O)CC7)CC6)CN5C)nc4c3F)c12. The zero-order valence-electron chi connectivity index (χ0n) is 41.0. The van der Waals surface area contributed by atoms with Crippen molar-refractivity contribution in [1.82, 2.24) is 40.3 Å². The van der Waals surface area contributed by atoms with E-state index in [2.05, 4.69) is 59.2 Å². The van der Waals surface area contributed by atoms with Gasteiger partial charge in [-0.1, -0.05) is 18.1 Å². The summed E-state index contributed by atoms with van der Waals surface area (Å²) in [4.78, 5) is 63.0. The summed E-state index contributed by atoms with van der Waals surface area (Å²) in [5, 5.41) is 17.9. The number of terminal acetylenes is 1. The van der Waals surface area contributed by atoms with Crippen molar-refractivity contribution in [3.05, 3.63) is 77.0 Å². The van der Waals surface area contributed by atoms with E-state index >= 15 is 8.78 Å². The highest BCUT2D eigenvalue weighted by atomic mass is 19.1. The van der Waals surface area contributed by atoms with Gasteiger partial charge in [0.05, 0.1) is 23.2 Å². The number of nitrogens with one attached hydrogen (secondary N) is 2. The lowest BCUT2D eigenvalue weighted by atomic mass is 9.94. The topological polar surface area (TPSA) is 169 Å². The molecule has 7 aliphatic heterocycles. The van der Waals surface area contributed by atoms with Gasteiger partial charge in [-0.05, 0) is 100 Å². The minimum Gasteiger partial charge on any atom is -0.508 e. The summed E-state index contributed by atoms with van der Waals surface area (Å²) in [7, 11) is 2.07. The number of hydrogen-bond donors (Lipinski definition) is 3. The lowest BCUT2D eigenvalue weighted by Crippen LogP contribution is -2.52. The Balaban J connectivity index is 0.666. The van der Waals surface area contributed by atoms with E-state index in [1.165, 1.54) is 24.3 Å². The van der Waals surface area contributed by atoms with Crippen LogP contribution in [0.25, 0.3) is 32.9 Å². The van der Waals surface area contributed by atoms with Crippen LogP contribution in [0.2, 0.25) is 0 Å². The predicted octanol–water partition coefficient (Wildman–Crippen LogP) is 5.36. The highest BCUT2D eigenvalue weighted by molar-refractivity contribution is 6.06. The molecule has 0 aliphatic carbocycles. The Kier molecular flexibility index (Phi) is 12.6. The molecule has 6 fully saturated rings. The molecule has 3 unspecified atom stereocenters. The van der Waals surface area contributed by atoms with Crippen LogP contribution in [0, 0.1) is 29.9 Å². The Hall–Kier alpha value is -6.52. The summed E-state index contributed by atoms with van der Waals surface area (Å²) in [6.45, 7) is 7.63. The summed E-state index contributed by atoms with van der Waals surface area (Å²) < 4.78 is 45.4. The quantitative estimate of drug-likeness (QED) is 0.114. The number of hydrogen-bond acceptors (Lipinski definition) is 14. The molecular formula is C55H60F2N10O6. The van der Waals surface area contributed by atoms with E-state index in [0.717, 1.165) is 95.5 Å². The molecule has 5 atom stereocenters. The van der Waals surface area contributed by atoms with Crippen LogP contribution < -0.4 is 25.2 Å². The molecule has 6 saturated heterocycles. The van der Waals surface area contributed by atoms with E-state index in [1.807, 2.05) is 12.1 Å². The maximum absolute atomic E-state index is 17.1. The van der Waals surface area contributed by atoms with Gasteiger partial charge in [0.2, 0.25) is 11.8 Å². The van der Waals surface area contributed by atoms with Crippen molar-refractivity contribution in [2.24, 2.45) is 5.92 Å². The molecule has 3 N–H and O–H groups in total. The number of piperazine rings is 1. The normalized spacial score (nSPS) is 25.3. The number of halogens is 2. The number of pyridine rings is 1. The van der Waals surface area contributed by atoms with Crippen LogP contribution in [0.5, 0.6) is 11.8 Å². The number of likely N-dealkylation sites (N-methyl/N-ethyl adjacent to an activating group) is 1. The molecule has 0 saturated carbocycles. The zero-order chi connectivity index (χ0) is 50.1. The van der Waals surface area contributed by atoms with Gasteiger partial charge in [-0.3, -0.25) is 29.6 Å². The fourth-order valence-corrected chi connectivity index (χ4v) is 12.8. The standard InChI is InChI=1S/C55H60F2N10O6/c1-3-39-44(56)10-7-32-21-36(68)23-41(48(32)39)50-49(57)51-42(24-58-50)52(66-26-33-8-9-34(27-66)59-33)62-55(61-51)72-30-35-22-38(28-63(35)2)73-37-15-17-64(18-16-37)25-31-13-19-65(20-14-31)45-6-4-5-40-43(45)29-67(54(40)71)46-11-12-47(69)60-53(46)70/h1,4-7,10,21,23-24,31,33-35,37-38,46,59,68H,8-9,11-20,22,25-30H2,2H3,(H,60,69,70)/t33?,34?,35-,38+,46?/m0/s1. The number of ether oxygens (including phenoxy) is 2. The van der Waals surface area contributed by atoms with Crippen LogP contribution in [0.1, 0.15) is 79.3 Å². The Bertz CT molecular complexity index is 3050. The first-order valence-electron chi connectivity index (χ1n) is 26.0. The van der Waals surface area contributed by atoms with Crippen LogP contribution in [-0.2, 0) is 20.9 Å². The second-order valence-electron chi connectivity index (χ2n) is 21.2. The van der Waals surface area contributed by atoms with E-state index in [4.69, 9.17) is 20.9 Å². The van der Waals surface area contributed by atoms with Gasteiger partial charge < -0.3 is 39.5 Å². The molecule has 3 aromatic carbocycles. The van der Waals surface area contributed by atoms with Crippen LogP contribution in [0.15, 0.2) is 48.7 Å². The molecule has 9 heterocycles. The maximum atomic E-state index is 17.1. The number of carbonyl (C=O) groups is 3. The van der Waals surface area contributed by atoms with Gasteiger partial charge >= 0.3 is 6.01 Å². The van der Waals surface area contributed by atoms with Crippen molar-refractivity contribution in [3.63, 3.8) is 0 Å². The fraction of sp³-hybridized carbons (Fsp3) is 0.491. The number of phenolic OH excluding ortho intramolecular Hbond substituents is 1. The maximum Gasteiger partial charge on any atom is 0.319 e. The fourth-order valence-electron chi connectivity index (χ4n) is 12.8. The third-order valence-corrected chi connectivity index (χ3v) is 16.6. The molecule has 16 nitrogen and oxygen atoms in total. The average Bonchev–Trinajstić information content (AvgIpc) is 4.04. The number of fused-ring (bicyclic) bond motifs is 5. The second kappa shape index (κ2) is 19.4. The summed E-state index contributed by atoms with van der Waals surface area (Å²) in [6, 6.07) is 11.4. The van der Waals surface area contributed by atoms with E-state index in [-0.39, 0.29) is 94.7 Å². The molecule has 2 aromatic heterocycles. The first-order chi connectivity index (χ1) is 35.4. The Morgan fingerprint density at radius 2 is 1.68 bits per heavy atom. The van der Waals surface area contributed by atoms with Gasteiger partial charge in [0, 0.05) is 117 Å². The molecule has 0 radical (unpaired) electrons. The summed E-state index contributed by atoms with van der Waals surface area (Å²) in [6.07, 6.45) is 15.0. The smallest absolute Gasteiger partial charge is 0.319 e. The minimum absolute atomic E-state index is 0.0132. The first-order valence-corrected chi connectivity index (χ1v) is 26.0. The third kappa shape index (κ3) is 9.08. The summed E-state index contributed by atoms with van der Waals surface area (Å²) >= 11 is 0. The average molecular weight is 995 g/mol. The van der Waals surface area contributed by atoms with E-state index in [9.17, 15) is 19.5 Å². The van der Waals surface area contributed by atoms with E-state index in [0.29, 0.717) is 54.1 Å². The first kappa shape index (κ1) is 47.5. The molecule has 73 heavy (non-hydrogen) atoms. The molecule has 12 rings (SSSR count). The van der Waals surface area contributed by atoms with Crippen molar-refractivity contribution >= 4 is 50.9 Å². The molecule has 380 valence electrons. The van der Waals surface area contributed by atoms with Crippen molar-refractivity contribution in [1.29, 1.82) is 0 Å². The van der Waals surface area contributed by atoms with Crippen LogP contribution in [0.3, 0.4) is 0 Å². The molecule has 2 bridgehead atoms. The number of aromatic hydroxyl groups is 1. The second-order valence-corrected chi connectivity index (χ2v) is 21.2. The molecule has 3 amide bonds. The monoisotopic (exact) mass is 994 g/mol.